The summed E-state index contributed by atoms with van der Waals surface area (Å²) in [6.45, 7) is 0. The first kappa shape index (κ1) is 12.4. The van der Waals surface area contributed by atoms with Gasteiger partial charge in [-0.25, -0.2) is 4.98 Å². The van der Waals surface area contributed by atoms with Gasteiger partial charge in [0, 0.05) is 5.92 Å². The van der Waals surface area contributed by atoms with Gasteiger partial charge in [0.1, 0.15) is 11.6 Å². The largest absolute Gasteiger partial charge is 0.481 e. The molecule has 0 saturated carbocycles. The molecular weight excluding hydrogens is 258 g/mol. The number of aromatic amines is 1. The normalized spacial score (nSPS) is 16.3. The van der Waals surface area contributed by atoms with E-state index >= 15 is 0 Å². The Morgan fingerprint density at radius 3 is 2.85 bits per heavy atom. The smallest absolute Gasteiger partial charge is 0.308 e. The van der Waals surface area contributed by atoms with Crippen LogP contribution < -0.4 is 11.3 Å². The third-order valence-corrected chi connectivity index (χ3v) is 3.58. The number of fused-ring (bicyclic) bond motifs is 1. The SMILES string of the molecule is Nc1nc(C2Cc3ccccc32)[nH]c(=O)c1CC(=O)O. The van der Waals surface area contributed by atoms with Crippen LogP contribution in [0.15, 0.2) is 29.1 Å². The number of hydrogen-bond donors (Lipinski definition) is 3. The van der Waals surface area contributed by atoms with Gasteiger partial charge in [-0.1, -0.05) is 24.3 Å². The lowest BCUT2D eigenvalue weighted by Crippen LogP contribution is -2.27. The Kier molecular flexibility index (Phi) is 2.78. The van der Waals surface area contributed by atoms with Gasteiger partial charge in [0.2, 0.25) is 0 Å². The second-order valence-corrected chi connectivity index (χ2v) is 4.84. The van der Waals surface area contributed by atoms with E-state index in [9.17, 15) is 9.59 Å². The fourth-order valence-electron chi connectivity index (χ4n) is 2.52. The molecule has 2 aromatic rings. The number of rotatable bonds is 3. The van der Waals surface area contributed by atoms with E-state index in [2.05, 4.69) is 9.97 Å². The Hall–Kier alpha value is -2.63. The molecule has 0 amide bonds. The van der Waals surface area contributed by atoms with Gasteiger partial charge in [0.05, 0.1) is 12.0 Å². The molecule has 0 fully saturated rings. The van der Waals surface area contributed by atoms with Gasteiger partial charge in [-0.3, -0.25) is 9.59 Å². The van der Waals surface area contributed by atoms with Crippen molar-refractivity contribution in [3.05, 3.63) is 57.1 Å². The number of nitrogens with zero attached hydrogens (tertiary/aromatic N) is 1. The summed E-state index contributed by atoms with van der Waals surface area (Å²) in [5.74, 6) is -0.582. The van der Waals surface area contributed by atoms with Crippen molar-refractivity contribution < 1.29 is 9.90 Å². The van der Waals surface area contributed by atoms with Crippen molar-refractivity contribution in [3.8, 4) is 0 Å². The minimum Gasteiger partial charge on any atom is -0.481 e. The summed E-state index contributed by atoms with van der Waals surface area (Å²) in [7, 11) is 0. The number of aliphatic carboxylic acids is 1. The maximum absolute atomic E-state index is 11.9. The molecule has 1 heterocycles. The Balaban J connectivity index is 1.98. The van der Waals surface area contributed by atoms with Crippen molar-refractivity contribution in [2.24, 2.45) is 0 Å². The fourth-order valence-corrected chi connectivity index (χ4v) is 2.52. The molecule has 0 radical (unpaired) electrons. The number of aromatic nitrogens is 2. The minimum atomic E-state index is -1.11. The van der Waals surface area contributed by atoms with Crippen LogP contribution in [0.4, 0.5) is 5.82 Å². The van der Waals surface area contributed by atoms with E-state index in [1.54, 1.807) is 0 Å². The summed E-state index contributed by atoms with van der Waals surface area (Å²) in [4.78, 5) is 29.4. The monoisotopic (exact) mass is 271 g/mol. The van der Waals surface area contributed by atoms with Crippen molar-refractivity contribution in [2.45, 2.75) is 18.8 Å². The molecule has 1 aromatic carbocycles. The zero-order valence-corrected chi connectivity index (χ0v) is 10.6. The second-order valence-electron chi connectivity index (χ2n) is 4.84. The first-order valence-corrected chi connectivity index (χ1v) is 6.24. The lowest BCUT2D eigenvalue weighted by molar-refractivity contribution is -0.136. The average Bonchev–Trinajstić information content (AvgIpc) is 2.35. The van der Waals surface area contributed by atoms with E-state index in [0.717, 1.165) is 12.0 Å². The fraction of sp³-hybridized carbons (Fsp3) is 0.214. The van der Waals surface area contributed by atoms with Crippen molar-refractivity contribution >= 4 is 11.8 Å². The van der Waals surface area contributed by atoms with Crippen molar-refractivity contribution in [1.29, 1.82) is 0 Å². The predicted octanol–water partition coefficient (Wildman–Crippen LogP) is 0.667. The van der Waals surface area contributed by atoms with E-state index in [0.29, 0.717) is 5.82 Å². The van der Waals surface area contributed by atoms with Gasteiger partial charge in [-0.05, 0) is 17.5 Å². The van der Waals surface area contributed by atoms with Crippen LogP contribution in [0.25, 0.3) is 0 Å². The maximum atomic E-state index is 11.9. The molecule has 1 atom stereocenters. The molecule has 6 heteroatoms. The highest BCUT2D eigenvalue weighted by Gasteiger charge is 2.29. The molecular formula is C14H13N3O3. The summed E-state index contributed by atoms with van der Waals surface area (Å²) in [5.41, 5.74) is 7.60. The zero-order chi connectivity index (χ0) is 14.3. The molecule has 3 rings (SSSR count). The summed E-state index contributed by atoms with van der Waals surface area (Å²) in [6, 6.07) is 7.93. The molecule has 1 unspecified atom stereocenters. The van der Waals surface area contributed by atoms with Gasteiger partial charge in [-0.2, -0.15) is 0 Å². The molecule has 102 valence electrons. The lowest BCUT2D eigenvalue weighted by Gasteiger charge is -2.29. The molecule has 0 aliphatic heterocycles. The third-order valence-electron chi connectivity index (χ3n) is 3.58. The minimum absolute atomic E-state index is 0.00414. The highest BCUT2D eigenvalue weighted by atomic mass is 16.4. The van der Waals surface area contributed by atoms with Crippen molar-refractivity contribution in [1.82, 2.24) is 9.97 Å². The number of hydrogen-bond acceptors (Lipinski definition) is 4. The van der Waals surface area contributed by atoms with Crippen LogP contribution in [0.2, 0.25) is 0 Å². The number of carboxylic acid groups (broad SMARTS) is 1. The molecule has 1 aromatic heterocycles. The molecule has 1 aliphatic rings. The Morgan fingerprint density at radius 1 is 1.45 bits per heavy atom. The summed E-state index contributed by atoms with van der Waals surface area (Å²) >= 11 is 0. The first-order chi connectivity index (χ1) is 9.56. The number of nitrogens with two attached hydrogens (primary N) is 1. The van der Waals surface area contributed by atoms with Crippen molar-refractivity contribution in [3.63, 3.8) is 0 Å². The number of carbonyl (C=O) groups is 1. The van der Waals surface area contributed by atoms with Crippen LogP contribution in [0.5, 0.6) is 0 Å². The number of carboxylic acids is 1. The number of H-pyrrole nitrogens is 1. The molecule has 0 bridgehead atoms. The highest BCUT2D eigenvalue weighted by Crippen LogP contribution is 2.38. The van der Waals surface area contributed by atoms with Gasteiger partial charge < -0.3 is 15.8 Å². The van der Waals surface area contributed by atoms with E-state index < -0.39 is 17.9 Å². The van der Waals surface area contributed by atoms with Crippen LogP contribution in [-0.4, -0.2) is 21.0 Å². The Labute approximate surface area is 114 Å². The topological polar surface area (TPSA) is 109 Å². The first-order valence-electron chi connectivity index (χ1n) is 6.24. The number of nitrogens with one attached hydrogen (secondary N) is 1. The Bertz CT molecular complexity index is 752. The standard InChI is InChI=1S/C14H13N3O3/c15-12-10(6-11(18)19)14(20)17-13(16-12)9-5-7-3-1-2-4-8(7)9/h1-4,9H,5-6H2,(H,18,19)(H3,15,16,17,20). The summed E-state index contributed by atoms with van der Waals surface area (Å²) in [6.07, 6.45) is 0.381. The van der Waals surface area contributed by atoms with Gasteiger partial charge in [0.15, 0.2) is 0 Å². The molecule has 20 heavy (non-hydrogen) atoms. The van der Waals surface area contributed by atoms with E-state index in [-0.39, 0.29) is 17.3 Å². The maximum Gasteiger partial charge on any atom is 0.308 e. The van der Waals surface area contributed by atoms with E-state index in [1.165, 1.54) is 5.56 Å². The van der Waals surface area contributed by atoms with Crippen LogP contribution in [-0.2, 0) is 17.6 Å². The quantitative estimate of drug-likeness (QED) is 0.760. The molecule has 0 spiro atoms. The van der Waals surface area contributed by atoms with Crippen LogP contribution in [0.1, 0.15) is 28.4 Å². The molecule has 0 saturated heterocycles. The highest BCUT2D eigenvalue weighted by molar-refractivity contribution is 5.71. The molecule has 6 nitrogen and oxygen atoms in total. The predicted molar refractivity (Wildman–Crippen MR) is 72.6 cm³/mol. The second kappa shape index (κ2) is 4.48. The summed E-state index contributed by atoms with van der Waals surface area (Å²) in [5, 5.41) is 8.75. The number of anilines is 1. The lowest BCUT2D eigenvalue weighted by atomic mass is 9.77. The molecule has 4 N–H and O–H groups in total. The van der Waals surface area contributed by atoms with E-state index in [1.807, 2.05) is 24.3 Å². The van der Waals surface area contributed by atoms with Crippen LogP contribution in [0, 0.1) is 0 Å². The molecule has 1 aliphatic carbocycles. The van der Waals surface area contributed by atoms with Gasteiger partial charge >= 0.3 is 5.97 Å². The number of nitrogen functional groups attached to an aromatic ring is 1. The van der Waals surface area contributed by atoms with Crippen LogP contribution >= 0.6 is 0 Å². The van der Waals surface area contributed by atoms with Crippen molar-refractivity contribution in [2.75, 3.05) is 5.73 Å². The third kappa shape index (κ3) is 1.95. The zero-order valence-electron chi connectivity index (χ0n) is 10.6. The van der Waals surface area contributed by atoms with Gasteiger partial charge in [0.25, 0.3) is 5.56 Å². The average molecular weight is 271 g/mol. The Morgan fingerprint density at radius 2 is 2.20 bits per heavy atom. The van der Waals surface area contributed by atoms with E-state index in [4.69, 9.17) is 10.8 Å². The number of benzene rings is 1. The van der Waals surface area contributed by atoms with Gasteiger partial charge in [-0.15, -0.1) is 0 Å². The van der Waals surface area contributed by atoms with Crippen LogP contribution in [0.3, 0.4) is 0 Å². The summed E-state index contributed by atoms with van der Waals surface area (Å²) < 4.78 is 0.